The third kappa shape index (κ3) is 1.37. The van der Waals surface area contributed by atoms with Gasteiger partial charge < -0.3 is 5.11 Å². The Hall–Kier alpha value is -2.10. The number of rotatable bonds is 2. The Morgan fingerprint density at radius 2 is 2.07 bits per heavy atom. The summed E-state index contributed by atoms with van der Waals surface area (Å²) in [5.41, 5.74) is 1.64. The monoisotopic (exact) mass is 188 g/mol. The average Bonchev–Trinajstić information content (AvgIpc) is 2.70. The number of hydrogen-bond donors (Lipinski definition) is 2. The number of carbonyl (C=O) groups is 1. The van der Waals surface area contributed by atoms with Crippen molar-refractivity contribution in [3.63, 3.8) is 0 Å². The molecular formula is C10H8N2O2. The molecule has 0 atom stereocenters. The molecule has 4 heteroatoms. The SMILES string of the molecule is O=C(O)c1ccccc1-c1ccn[nH]1. The molecule has 2 aromatic rings. The van der Waals surface area contributed by atoms with Crippen LogP contribution in [0.3, 0.4) is 0 Å². The fraction of sp³-hybridized carbons (Fsp3) is 0. The number of nitrogens with zero attached hydrogens (tertiary/aromatic N) is 1. The highest BCUT2D eigenvalue weighted by atomic mass is 16.4. The molecule has 0 saturated carbocycles. The molecule has 0 amide bonds. The van der Waals surface area contributed by atoms with Crippen LogP contribution in [0.1, 0.15) is 10.4 Å². The zero-order valence-corrected chi connectivity index (χ0v) is 7.27. The summed E-state index contributed by atoms with van der Waals surface area (Å²) < 4.78 is 0. The Bertz CT molecular complexity index is 449. The third-order valence-electron chi connectivity index (χ3n) is 1.95. The fourth-order valence-corrected chi connectivity index (χ4v) is 1.31. The molecule has 0 unspecified atom stereocenters. The number of aromatic amines is 1. The number of H-pyrrole nitrogens is 1. The van der Waals surface area contributed by atoms with Crippen LogP contribution < -0.4 is 0 Å². The van der Waals surface area contributed by atoms with Gasteiger partial charge in [-0.1, -0.05) is 18.2 Å². The van der Waals surface area contributed by atoms with Crippen LogP contribution in [-0.4, -0.2) is 21.3 Å². The number of benzene rings is 1. The van der Waals surface area contributed by atoms with Crippen LogP contribution in [0.4, 0.5) is 0 Å². The van der Waals surface area contributed by atoms with Crippen molar-refractivity contribution >= 4 is 5.97 Å². The minimum atomic E-state index is -0.935. The van der Waals surface area contributed by atoms with Gasteiger partial charge in [-0.25, -0.2) is 4.79 Å². The minimum absolute atomic E-state index is 0.275. The maximum atomic E-state index is 10.9. The molecule has 0 aliphatic heterocycles. The first-order valence-corrected chi connectivity index (χ1v) is 4.11. The highest BCUT2D eigenvalue weighted by Gasteiger charge is 2.10. The highest BCUT2D eigenvalue weighted by Crippen LogP contribution is 2.20. The van der Waals surface area contributed by atoms with E-state index in [4.69, 9.17) is 5.11 Å². The van der Waals surface area contributed by atoms with E-state index in [9.17, 15) is 4.79 Å². The van der Waals surface area contributed by atoms with Gasteiger partial charge in [-0.15, -0.1) is 0 Å². The molecule has 2 N–H and O–H groups in total. The van der Waals surface area contributed by atoms with E-state index in [1.54, 1.807) is 36.5 Å². The van der Waals surface area contributed by atoms with Gasteiger partial charge in [0.25, 0.3) is 0 Å². The van der Waals surface area contributed by atoms with Gasteiger partial charge in [-0.05, 0) is 12.1 Å². The maximum Gasteiger partial charge on any atom is 0.336 e. The van der Waals surface area contributed by atoms with E-state index in [-0.39, 0.29) is 5.56 Å². The molecule has 0 spiro atoms. The zero-order chi connectivity index (χ0) is 9.97. The second kappa shape index (κ2) is 3.33. The van der Waals surface area contributed by atoms with Gasteiger partial charge >= 0.3 is 5.97 Å². The van der Waals surface area contributed by atoms with Gasteiger partial charge in [0.2, 0.25) is 0 Å². The van der Waals surface area contributed by atoms with Gasteiger partial charge in [0.1, 0.15) is 0 Å². The molecule has 2 rings (SSSR count). The van der Waals surface area contributed by atoms with Crippen LogP contribution in [-0.2, 0) is 0 Å². The molecule has 0 radical (unpaired) electrons. The first-order chi connectivity index (χ1) is 6.79. The molecule has 0 aliphatic rings. The van der Waals surface area contributed by atoms with E-state index in [0.29, 0.717) is 11.3 Å². The van der Waals surface area contributed by atoms with E-state index in [2.05, 4.69) is 10.2 Å². The van der Waals surface area contributed by atoms with Gasteiger partial charge in [-0.2, -0.15) is 5.10 Å². The van der Waals surface area contributed by atoms with Gasteiger partial charge in [0, 0.05) is 11.8 Å². The predicted octanol–water partition coefficient (Wildman–Crippen LogP) is 1.77. The lowest BCUT2D eigenvalue weighted by Crippen LogP contribution is -1.98. The van der Waals surface area contributed by atoms with E-state index in [0.717, 1.165) is 0 Å². The average molecular weight is 188 g/mol. The molecule has 14 heavy (non-hydrogen) atoms. The first kappa shape index (κ1) is 8.50. The Labute approximate surface area is 80.2 Å². The van der Waals surface area contributed by atoms with Gasteiger partial charge in [0.05, 0.1) is 11.3 Å². The summed E-state index contributed by atoms with van der Waals surface area (Å²) in [6.45, 7) is 0. The lowest BCUT2D eigenvalue weighted by Gasteiger charge is -2.01. The predicted molar refractivity (Wildman–Crippen MR) is 51.0 cm³/mol. The molecular weight excluding hydrogens is 180 g/mol. The van der Waals surface area contributed by atoms with E-state index < -0.39 is 5.97 Å². The number of carboxylic acid groups (broad SMARTS) is 1. The van der Waals surface area contributed by atoms with Crippen molar-refractivity contribution in [1.29, 1.82) is 0 Å². The van der Waals surface area contributed by atoms with E-state index >= 15 is 0 Å². The minimum Gasteiger partial charge on any atom is -0.478 e. The van der Waals surface area contributed by atoms with Crippen molar-refractivity contribution in [1.82, 2.24) is 10.2 Å². The van der Waals surface area contributed by atoms with Crippen molar-refractivity contribution in [2.45, 2.75) is 0 Å². The summed E-state index contributed by atoms with van der Waals surface area (Å²) >= 11 is 0. The van der Waals surface area contributed by atoms with Gasteiger partial charge in [-0.3, -0.25) is 5.10 Å². The molecule has 0 saturated heterocycles. The van der Waals surface area contributed by atoms with Crippen LogP contribution in [0, 0.1) is 0 Å². The van der Waals surface area contributed by atoms with Crippen LogP contribution in [0.15, 0.2) is 36.5 Å². The van der Waals surface area contributed by atoms with Crippen molar-refractivity contribution in [3.05, 3.63) is 42.1 Å². The number of aromatic carboxylic acids is 1. The quantitative estimate of drug-likeness (QED) is 0.754. The molecule has 0 fully saturated rings. The molecule has 1 aromatic heterocycles. The molecule has 0 bridgehead atoms. The van der Waals surface area contributed by atoms with E-state index in [1.165, 1.54) is 0 Å². The largest absolute Gasteiger partial charge is 0.478 e. The normalized spacial score (nSPS) is 10.0. The Kier molecular flexibility index (Phi) is 2.02. The standard InChI is InChI=1S/C10H8N2O2/c13-10(14)8-4-2-1-3-7(8)9-5-6-11-12-9/h1-6H,(H,11,12)(H,13,14). The Balaban J connectivity index is 2.58. The van der Waals surface area contributed by atoms with Crippen molar-refractivity contribution in [3.8, 4) is 11.3 Å². The number of aromatic nitrogens is 2. The summed E-state index contributed by atoms with van der Waals surface area (Å²) in [4.78, 5) is 10.9. The summed E-state index contributed by atoms with van der Waals surface area (Å²) in [5, 5.41) is 15.4. The Morgan fingerprint density at radius 3 is 2.71 bits per heavy atom. The third-order valence-corrected chi connectivity index (χ3v) is 1.95. The van der Waals surface area contributed by atoms with Crippen LogP contribution >= 0.6 is 0 Å². The molecule has 70 valence electrons. The topological polar surface area (TPSA) is 66.0 Å². The highest BCUT2D eigenvalue weighted by molar-refractivity contribution is 5.95. The number of hydrogen-bond acceptors (Lipinski definition) is 2. The number of carboxylic acids is 1. The smallest absolute Gasteiger partial charge is 0.336 e. The van der Waals surface area contributed by atoms with E-state index in [1.807, 2.05) is 0 Å². The molecule has 1 heterocycles. The summed E-state index contributed by atoms with van der Waals surface area (Å²) in [7, 11) is 0. The summed E-state index contributed by atoms with van der Waals surface area (Å²) in [6, 6.07) is 8.54. The van der Waals surface area contributed by atoms with Crippen molar-refractivity contribution in [2.24, 2.45) is 0 Å². The summed E-state index contributed by atoms with van der Waals surface area (Å²) in [6.07, 6.45) is 1.59. The van der Waals surface area contributed by atoms with Crippen molar-refractivity contribution in [2.75, 3.05) is 0 Å². The van der Waals surface area contributed by atoms with Crippen molar-refractivity contribution < 1.29 is 9.90 Å². The zero-order valence-electron chi connectivity index (χ0n) is 7.27. The maximum absolute atomic E-state index is 10.9. The Morgan fingerprint density at radius 1 is 1.29 bits per heavy atom. The summed E-state index contributed by atoms with van der Waals surface area (Å²) in [5.74, 6) is -0.935. The molecule has 4 nitrogen and oxygen atoms in total. The lowest BCUT2D eigenvalue weighted by molar-refractivity contribution is 0.0697. The lowest BCUT2D eigenvalue weighted by atomic mass is 10.1. The molecule has 0 aliphatic carbocycles. The fourth-order valence-electron chi connectivity index (χ4n) is 1.31. The van der Waals surface area contributed by atoms with Crippen LogP contribution in [0.2, 0.25) is 0 Å². The van der Waals surface area contributed by atoms with Crippen LogP contribution in [0.25, 0.3) is 11.3 Å². The van der Waals surface area contributed by atoms with Crippen LogP contribution in [0.5, 0.6) is 0 Å². The van der Waals surface area contributed by atoms with Gasteiger partial charge in [0.15, 0.2) is 0 Å². The number of nitrogens with one attached hydrogen (secondary N) is 1. The molecule has 1 aromatic carbocycles. The second-order valence-electron chi connectivity index (χ2n) is 2.82. The first-order valence-electron chi connectivity index (χ1n) is 4.11. The second-order valence-corrected chi connectivity index (χ2v) is 2.82.